The molecule has 2 rings (SSSR count). The predicted octanol–water partition coefficient (Wildman–Crippen LogP) is -0.240. The Morgan fingerprint density at radius 2 is 2.50 bits per heavy atom. The van der Waals surface area contributed by atoms with Gasteiger partial charge in [0.1, 0.15) is 6.54 Å². The summed E-state index contributed by atoms with van der Waals surface area (Å²) < 4.78 is 3.72. The molecule has 0 amide bonds. The van der Waals surface area contributed by atoms with Crippen molar-refractivity contribution in [2.45, 2.75) is 6.54 Å². The summed E-state index contributed by atoms with van der Waals surface area (Å²) in [4.78, 5) is 1.48. The van der Waals surface area contributed by atoms with Gasteiger partial charge in [-0.15, -0.1) is 10.2 Å². The Kier molecular flexibility index (Phi) is 1.71. The van der Waals surface area contributed by atoms with Crippen LogP contribution in [-0.2, 0) is 6.54 Å². The highest BCUT2D eigenvalue weighted by Gasteiger charge is 1.99. The van der Waals surface area contributed by atoms with Crippen LogP contribution in [0.2, 0.25) is 0 Å². The molecule has 0 saturated carbocycles. The fourth-order valence-electron chi connectivity index (χ4n) is 0.785. The number of nitrogen functional groups attached to an aromatic ring is 1. The molecule has 0 aromatic carbocycles. The van der Waals surface area contributed by atoms with Crippen LogP contribution in [0.3, 0.4) is 0 Å². The van der Waals surface area contributed by atoms with Crippen molar-refractivity contribution in [1.29, 1.82) is 0 Å². The molecule has 7 heteroatoms. The van der Waals surface area contributed by atoms with Gasteiger partial charge in [-0.05, 0) is 11.5 Å². The number of nitrogens with two attached hydrogens (primary N) is 1. The van der Waals surface area contributed by atoms with Gasteiger partial charge < -0.3 is 5.73 Å². The molecule has 0 bridgehead atoms. The van der Waals surface area contributed by atoms with Crippen molar-refractivity contribution in [3.05, 3.63) is 17.3 Å². The molecule has 2 aromatic heterocycles. The summed E-state index contributed by atoms with van der Waals surface area (Å²) in [6, 6.07) is 0. The highest BCUT2D eigenvalue weighted by atomic mass is 32.1. The second kappa shape index (κ2) is 2.86. The molecule has 0 atom stereocenters. The third-order valence-corrected chi connectivity index (χ3v) is 1.82. The molecule has 0 unspecified atom stereocenters. The Morgan fingerprint density at radius 3 is 3.08 bits per heavy atom. The predicted molar refractivity (Wildman–Crippen MR) is 43.4 cm³/mol. The summed E-state index contributed by atoms with van der Waals surface area (Å²) in [5.41, 5.74) is 6.22. The minimum absolute atomic E-state index is 0.415. The number of hydrogen-bond donors (Lipinski definition) is 1. The van der Waals surface area contributed by atoms with Gasteiger partial charge in [-0.1, -0.05) is 4.49 Å². The molecule has 2 aromatic rings. The van der Waals surface area contributed by atoms with Gasteiger partial charge in [-0.2, -0.15) is 9.90 Å². The lowest BCUT2D eigenvalue weighted by atomic mass is 10.5. The molecule has 62 valence electrons. The molecular formula is C5H6N6S. The first-order valence-corrected chi connectivity index (χ1v) is 4.10. The summed E-state index contributed by atoms with van der Waals surface area (Å²) in [6.07, 6.45) is 1.50. The molecule has 2 N–H and O–H groups in total. The van der Waals surface area contributed by atoms with Crippen LogP contribution in [0, 0.1) is 0 Å². The number of rotatable bonds is 2. The van der Waals surface area contributed by atoms with E-state index in [0.29, 0.717) is 12.4 Å². The van der Waals surface area contributed by atoms with Gasteiger partial charge >= 0.3 is 0 Å². The van der Waals surface area contributed by atoms with Crippen molar-refractivity contribution in [2.75, 3.05) is 5.73 Å². The van der Waals surface area contributed by atoms with Crippen LogP contribution in [0.5, 0.6) is 0 Å². The zero-order valence-corrected chi connectivity index (χ0v) is 6.90. The van der Waals surface area contributed by atoms with Crippen molar-refractivity contribution in [3.8, 4) is 0 Å². The second-order valence-electron chi connectivity index (χ2n) is 2.20. The van der Waals surface area contributed by atoms with E-state index in [1.807, 2.05) is 5.38 Å². The van der Waals surface area contributed by atoms with Gasteiger partial charge in [-0.25, -0.2) is 0 Å². The van der Waals surface area contributed by atoms with Gasteiger partial charge in [0.15, 0.2) is 5.82 Å². The maximum Gasteiger partial charge on any atom is 0.165 e. The zero-order chi connectivity index (χ0) is 8.39. The summed E-state index contributed by atoms with van der Waals surface area (Å²) in [6.45, 7) is 0.522. The van der Waals surface area contributed by atoms with Gasteiger partial charge in [0.05, 0.1) is 11.9 Å². The fourth-order valence-corrected chi connectivity index (χ4v) is 1.23. The molecule has 6 nitrogen and oxygen atoms in total. The molecular weight excluding hydrogens is 176 g/mol. The highest BCUT2D eigenvalue weighted by Crippen LogP contribution is 1.99. The Labute approximate surface area is 72.2 Å². The number of aromatic nitrogens is 5. The second-order valence-corrected chi connectivity index (χ2v) is 2.81. The van der Waals surface area contributed by atoms with Crippen LogP contribution in [0.25, 0.3) is 0 Å². The molecule has 0 radical (unpaired) electrons. The molecule has 0 fully saturated rings. The van der Waals surface area contributed by atoms with E-state index in [4.69, 9.17) is 5.73 Å². The molecule has 0 aliphatic carbocycles. The minimum Gasteiger partial charge on any atom is -0.381 e. The fraction of sp³-hybridized carbons (Fsp3) is 0.200. The van der Waals surface area contributed by atoms with Crippen LogP contribution >= 0.6 is 11.5 Å². The topological polar surface area (TPSA) is 82.5 Å². The highest BCUT2D eigenvalue weighted by molar-refractivity contribution is 7.03. The van der Waals surface area contributed by atoms with Crippen LogP contribution < -0.4 is 5.73 Å². The molecule has 0 aliphatic heterocycles. The lowest BCUT2D eigenvalue weighted by molar-refractivity contribution is 0.582. The van der Waals surface area contributed by atoms with E-state index in [9.17, 15) is 0 Å². The summed E-state index contributed by atoms with van der Waals surface area (Å²) in [5, 5.41) is 13.5. The Morgan fingerprint density at radius 1 is 1.58 bits per heavy atom. The average molecular weight is 182 g/mol. The molecule has 0 saturated heterocycles. The first kappa shape index (κ1) is 7.17. The maximum atomic E-state index is 5.38. The van der Waals surface area contributed by atoms with E-state index in [1.165, 1.54) is 22.5 Å². The van der Waals surface area contributed by atoms with Crippen molar-refractivity contribution in [2.24, 2.45) is 0 Å². The smallest absolute Gasteiger partial charge is 0.165 e. The summed E-state index contributed by atoms with van der Waals surface area (Å²) in [7, 11) is 0. The van der Waals surface area contributed by atoms with Gasteiger partial charge in [0, 0.05) is 5.38 Å². The Balaban J connectivity index is 2.14. The lowest BCUT2D eigenvalue weighted by Gasteiger charge is -1.92. The van der Waals surface area contributed by atoms with Crippen LogP contribution in [0.1, 0.15) is 5.69 Å². The Hall–Kier alpha value is -1.50. The SMILES string of the molecule is Nc1cnn(Cc2csnn2)n1. The van der Waals surface area contributed by atoms with E-state index in [-0.39, 0.29) is 0 Å². The number of anilines is 1. The summed E-state index contributed by atoms with van der Waals surface area (Å²) >= 11 is 1.30. The molecule has 0 spiro atoms. The van der Waals surface area contributed by atoms with Crippen molar-refractivity contribution in [1.82, 2.24) is 24.6 Å². The monoisotopic (exact) mass is 182 g/mol. The summed E-state index contributed by atoms with van der Waals surface area (Å²) in [5.74, 6) is 0.415. The van der Waals surface area contributed by atoms with E-state index in [2.05, 4.69) is 19.8 Å². The van der Waals surface area contributed by atoms with E-state index < -0.39 is 0 Å². The third-order valence-electron chi connectivity index (χ3n) is 1.26. The average Bonchev–Trinajstić information content (AvgIpc) is 2.63. The van der Waals surface area contributed by atoms with E-state index >= 15 is 0 Å². The van der Waals surface area contributed by atoms with E-state index in [1.54, 1.807) is 0 Å². The first-order valence-electron chi connectivity index (χ1n) is 3.26. The van der Waals surface area contributed by atoms with Crippen molar-refractivity contribution in [3.63, 3.8) is 0 Å². The van der Waals surface area contributed by atoms with Gasteiger partial charge in [0.2, 0.25) is 0 Å². The largest absolute Gasteiger partial charge is 0.381 e. The first-order chi connectivity index (χ1) is 5.84. The third kappa shape index (κ3) is 1.40. The lowest BCUT2D eigenvalue weighted by Crippen LogP contribution is -2.04. The van der Waals surface area contributed by atoms with Gasteiger partial charge in [-0.3, -0.25) is 0 Å². The Bertz CT molecular complexity index is 352. The van der Waals surface area contributed by atoms with Gasteiger partial charge in [0.25, 0.3) is 0 Å². The van der Waals surface area contributed by atoms with Crippen LogP contribution in [0.4, 0.5) is 5.82 Å². The van der Waals surface area contributed by atoms with Crippen LogP contribution in [-0.4, -0.2) is 24.6 Å². The van der Waals surface area contributed by atoms with E-state index in [0.717, 1.165) is 5.69 Å². The standard InChI is InChI=1S/C5H6N6S/c6-5-1-7-11(9-5)2-4-3-12-10-8-4/h1,3H,2H2,(H2,6,9). The maximum absolute atomic E-state index is 5.38. The van der Waals surface area contributed by atoms with Crippen LogP contribution in [0.15, 0.2) is 11.6 Å². The number of nitrogens with zero attached hydrogens (tertiary/aromatic N) is 5. The van der Waals surface area contributed by atoms with Crippen molar-refractivity contribution >= 4 is 17.4 Å². The quantitative estimate of drug-likeness (QED) is 0.693. The molecule has 12 heavy (non-hydrogen) atoms. The zero-order valence-electron chi connectivity index (χ0n) is 6.08. The minimum atomic E-state index is 0.415. The number of hydrogen-bond acceptors (Lipinski definition) is 6. The molecule has 0 aliphatic rings. The molecule has 2 heterocycles. The normalized spacial score (nSPS) is 10.3. The van der Waals surface area contributed by atoms with Crippen molar-refractivity contribution < 1.29 is 0 Å².